The fraction of sp³-hybridized carbons (Fsp3) is 0.348. The van der Waals surface area contributed by atoms with Crippen LogP contribution in [-0.2, 0) is 11.3 Å². The number of aromatic nitrogens is 5. The Balaban J connectivity index is 1.20. The highest BCUT2D eigenvalue weighted by Crippen LogP contribution is 2.25. The summed E-state index contributed by atoms with van der Waals surface area (Å²) in [5.74, 6) is 1.23. The van der Waals surface area contributed by atoms with Crippen molar-refractivity contribution in [1.29, 1.82) is 0 Å². The fourth-order valence-corrected chi connectivity index (χ4v) is 4.08. The molecule has 4 aromatic rings. The van der Waals surface area contributed by atoms with Gasteiger partial charge in [-0.1, -0.05) is 5.16 Å². The van der Waals surface area contributed by atoms with E-state index in [0.717, 1.165) is 22.2 Å². The van der Waals surface area contributed by atoms with Gasteiger partial charge in [0.05, 0.1) is 11.0 Å². The number of amides is 1. The molecule has 0 unspecified atom stereocenters. The Morgan fingerprint density at radius 2 is 1.94 bits per heavy atom. The van der Waals surface area contributed by atoms with Crippen molar-refractivity contribution in [1.82, 2.24) is 34.9 Å². The lowest BCUT2D eigenvalue weighted by Gasteiger charge is -2.35. The third kappa shape index (κ3) is 5.62. The molecule has 0 radical (unpaired) electrons. The van der Waals surface area contributed by atoms with Crippen LogP contribution in [0.5, 0.6) is 0 Å². The summed E-state index contributed by atoms with van der Waals surface area (Å²) in [5.41, 5.74) is 3.30. The van der Waals surface area contributed by atoms with Gasteiger partial charge in [-0.3, -0.25) is 9.69 Å². The van der Waals surface area contributed by atoms with E-state index in [4.69, 9.17) is 4.52 Å². The minimum atomic E-state index is -4.48. The molecule has 188 valence electrons. The lowest BCUT2D eigenvalue weighted by atomic mass is 10.2. The zero-order valence-corrected chi connectivity index (χ0v) is 19.3. The van der Waals surface area contributed by atoms with Gasteiger partial charge in [-0.2, -0.15) is 18.2 Å². The average molecular weight is 500 g/mol. The number of halogens is 3. The van der Waals surface area contributed by atoms with Crippen LogP contribution in [0.15, 0.2) is 41.1 Å². The molecule has 3 aromatic heterocycles. The van der Waals surface area contributed by atoms with Gasteiger partial charge < -0.3 is 19.7 Å². The Morgan fingerprint density at radius 1 is 1.14 bits per heavy atom. The number of fused-ring (bicyclic) bond motifs is 1. The highest BCUT2D eigenvalue weighted by Gasteiger charge is 2.34. The topological polar surface area (TPSA) is 116 Å². The molecule has 0 saturated carbocycles. The van der Waals surface area contributed by atoms with E-state index in [0.29, 0.717) is 43.1 Å². The maximum Gasteiger partial charge on any atom is 0.397 e. The van der Waals surface area contributed by atoms with Gasteiger partial charge >= 0.3 is 6.18 Å². The fourth-order valence-electron chi connectivity index (χ4n) is 4.08. The number of aromatic amines is 1. The lowest BCUT2D eigenvalue weighted by molar-refractivity contribution is -0.162. The first-order valence-electron chi connectivity index (χ1n) is 11.3. The van der Waals surface area contributed by atoms with Crippen molar-refractivity contribution in [3.63, 3.8) is 0 Å². The van der Waals surface area contributed by atoms with Crippen molar-refractivity contribution >= 4 is 28.7 Å². The first-order chi connectivity index (χ1) is 17.2. The minimum absolute atomic E-state index is 0.273. The zero-order valence-electron chi connectivity index (χ0n) is 19.3. The molecule has 1 amide bonds. The van der Waals surface area contributed by atoms with Crippen LogP contribution in [0, 0.1) is 6.92 Å². The zero-order chi connectivity index (χ0) is 25.3. The van der Waals surface area contributed by atoms with Crippen molar-refractivity contribution in [2.24, 2.45) is 0 Å². The number of pyridine rings is 1. The summed E-state index contributed by atoms with van der Waals surface area (Å²) in [4.78, 5) is 31.5. The molecule has 1 aliphatic heterocycles. The molecule has 10 nitrogen and oxygen atoms in total. The van der Waals surface area contributed by atoms with E-state index in [1.807, 2.05) is 30.3 Å². The predicted molar refractivity (Wildman–Crippen MR) is 124 cm³/mol. The number of anilines is 2. The van der Waals surface area contributed by atoms with E-state index in [9.17, 15) is 18.0 Å². The van der Waals surface area contributed by atoms with Crippen LogP contribution in [0.2, 0.25) is 0 Å². The molecule has 5 rings (SSSR count). The van der Waals surface area contributed by atoms with Gasteiger partial charge in [-0.25, -0.2) is 9.97 Å². The van der Waals surface area contributed by atoms with E-state index >= 15 is 0 Å². The van der Waals surface area contributed by atoms with Crippen LogP contribution in [0.3, 0.4) is 0 Å². The highest BCUT2D eigenvalue weighted by molar-refractivity contribution is 5.82. The van der Waals surface area contributed by atoms with Crippen molar-refractivity contribution in [2.45, 2.75) is 26.1 Å². The predicted octanol–water partition coefficient (Wildman–Crippen LogP) is 3.66. The molecule has 1 aromatic carbocycles. The Bertz CT molecular complexity index is 1380. The number of rotatable bonds is 6. The molecule has 1 saturated heterocycles. The summed E-state index contributed by atoms with van der Waals surface area (Å²) in [6.45, 7) is 3.89. The first kappa shape index (κ1) is 23.7. The molecule has 13 heteroatoms. The highest BCUT2D eigenvalue weighted by atomic mass is 19.4. The number of nitrogens with zero attached hydrogens (tertiary/aromatic N) is 6. The van der Waals surface area contributed by atoms with Gasteiger partial charge in [-0.15, -0.1) is 0 Å². The van der Waals surface area contributed by atoms with Crippen molar-refractivity contribution in [3.05, 3.63) is 47.9 Å². The molecule has 1 aliphatic rings. The van der Waals surface area contributed by atoms with Crippen molar-refractivity contribution < 1.29 is 22.5 Å². The van der Waals surface area contributed by atoms with Crippen LogP contribution < -0.4 is 5.32 Å². The summed E-state index contributed by atoms with van der Waals surface area (Å²) in [5, 5.41) is 6.98. The van der Waals surface area contributed by atoms with Crippen LogP contribution in [0.1, 0.15) is 17.8 Å². The monoisotopic (exact) mass is 500 g/mol. The number of aryl methyl sites for hydroxylation is 1. The molecule has 1 fully saturated rings. The largest absolute Gasteiger partial charge is 0.397 e. The number of carbonyl (C=O) groups excluding carboxylic acids is 1. The molecular formula is C23H23F3N8O2. The van der Waals surface area contributed by atoms with Gasteiger partial charge in [0.2, 0.25) is 11.9 Å². The maximum atomic E-state index is 12.5. The molecule has 2 N–H and O–H groups in total. The third-order valence-electron chi connectivity index (χ3n) is 5.81. The molecule has 0 atom stereocenters. The quantitative estimate of drug-likeness (QED) is 0.412. The van der Waals surface area contributed by atoms with Crippen molar-refractivity contribution in [3.8, 4) is 11.5 Å². The van der Waals surface area contributed by atoms with E-state index in [1.54, 1.807) is 13.1 Å². The Hall–Kier alpha value is -4.00. The number of hydrogen-bond acceptors (Lipinski definition) is 8. The molecule has 4 heterocycles. The minimum Gasteiger partial charge on any atom is -0.340 e. The number of nitrogens with one attached hydrogen (secondary N) is 2. The lowest BCUT2D eigenvalue weighted by Crippen LogP contribution is -2.49. The van der Waals surface area contributed by atoms with E-state index < -0.39 is 18.5 Å². The smallest absolute Gasteiger partial charge is 0.340 e. The summed E-state index contributed by atoms with van der Waals surface area (Å²) in [7, 11) is 0. The number of piperazine rings is 1. The van der Waals surface area contributed by atoms with Gasteiger partial charge in [-0.05, 0) is 42.8 Å². The van der Waals surface area contributed by atoms with E-state index in [1.165, 1.54) is 4.90 Å². The van der Waals surface area contributed by atoms with Gasteiger partial charge in [0.1, 0.15) is 12.2 Å². The maximum absolute atomic E-state index is 12.5. The summed E-state index contributed by atoms with van der Waals surface area (Å²) in [6.07, 6.45) is -4.21. The Morgan fingerprint density at radius 3 is 2.67 bits per heavy atom. The molecule has 0 aliphatic carbocycles. The number of hydrogen-bond donors (Lipinski definition) is 2. The normalized spacial score (nSPS) is 14.9. The van der Waals surface area contributed by atoms with Crippen LogP contribution in [-0.4, -0.2) is 73.2 Å². The molecule has 0 spiro atoms. The molecule has 0 bridgehead atoms. The SMILES string of the molecule is Cc1noc(-c2ccc3nc(Nc4cc(CN5CCN(C(=O)CC(F)(F)F)CC5)ccn4)[nH]c3c2)n1. The van der Waals surface area contributed by atoms with Gasteiger partial charge in [0.15, 0.2) is 5.82 Å². The van der Waals surface area contributed by atoms with Gasteiger partial charge in [0, 0.05) is 44.5 Å². The summed E-state index contributed by atoms with van der Waals surface area (Å²) < 4.78 is 42.7. The standard InChI is InChI=1S/C23H23F3N8O2/c1-14-28-21(36-32-14)16-2-3-17-18(11-16)30-22(29-17)31-19-10-15(4-5-27-19)13-33-6-8-34(9-7-33)20(35)12-23(24,25)26/h2-5,10-11H,6-9,12-13H2,1H3,(H2,27,29,30,31). The third-order valence-corrected chi connectivity index (χ3v) is 5.81. The van der Waals surface area contributed by atoms with Crippen LogP contribution in [0.25, 0.3) is 22.5 Å². The van der Waals surface area contributed by atoms with E-state index in [-0.39, 0.29) is 13.1 Å². The summed E-state index contributed by atoms with van der Waals surface area (Å²) >= 11 is 0. The summed E-state index contributed by atoms with van der Waals surface area (Å²) in [6, 6.07) is 9.36. The number of H-pyrrole nitrogens is 1. The Kier molecular flexibility index (Phi) is 6.31. The second-order valence-electron chi connectivity index (χ2n) is 8.59. The Labute approximate surface area is 203 Å². The number of alkyl halides is 3. The molecule has 36 heavy (non-hydrogen) atoms. The van der Waals surface area contributed by atoms with Crippen molar-refractivity contribution in [2.75, 3.05) is 31.5 Å². The van der Waals surface area contributed by atoms with Crippen LogP contribution >= 0.6 is 0 Å². The number of benzene rings is 1. The average Bonchev–Trinajstić information content (AvgIpc) is 3.43. The number of carbonyl (C=O) groups is 1. The molecular weight excluding hydrogens is 477 g/mol. The number of imidazole rings is 1. The van der Waals surface area contributed by atoms with Gasteiger partial charge in [0.25, 0.3) is 5.89 Å². The first-order valence-corrected chi connectivity index (χ1v) is 11.3. The second kappa shape index (κ2) is 9.57. The van der Waals surface area contributed by atoms with E-state index in [2.05, 4.69) is 35.3 Å². The second-order valence-corrected chi connectivity index (χ2v) is 8.59. The van der Waals surface area contributed by atoms with Crippen LogP contribution in [0.4, 0.5) is 24.9 Å².